The molecule has 1 unspecified atom stereocenters. The van der Waals surface area contributed by atoms with Gasteiger partial charge in [-0.25, -0.2) is 0 Å². The minimum absolute atomic E-state index is 0.137. The summed E-state index contributed by atoms with van der Waals surface area (Å²) in [5, 5.41) is 5.01. The predicted octanol–water partition coefficient (Wildman–Crippen LogP) is 5.52. The Kier molecular flexibility index (Phi) is 4.38. The monoisotopic (exact) mass is 368 g/mol. The number of hydrazine groups is 1. The number of hydrogen-bond donors (Lipinski definition) is 1. The summed E-state index contributed by atoms with van der Waals surface area (Å²) in [6.45, 7) is 0. The average molecular weight is 369 g/mol. The summed E-state index contributed by atoms with van der Waals surface area (Å²) >= 11 is 7.80. The lowest BCUT2D eigenvalue weighted by molar-refractivity contribution is 0.415. The molecule has 3 nitrogen and oxygen atoms in total. The van der Waals surface area contributed by atoms with Crippen LogP contribution in [0.25, 0.3) is 5.70 Å². The molecule has 0 bridgehead atoms. The first-order chi connectivity index (χ1) is 12.2. The van der Waals surface area contributed by atoms with Crippen LogP contribution in [0.3, 0.4) is 0 Å². The zero-order valence-electron chi connectivity index (χ0n) is 13.6. The number of ether oxygens (including phenoxy) is 1. The number of thiophene rings is 1. The van der Waals surface area contributed by atoms with Crippen LogP contribution in [-0.2, 0) is 0 Å². The standard InChI is InChI=1S/C20H17ClN2OS/c1-24-17-10-4-14(5-11-17)18-13-19(20-3-2-12-25-20)23(22-18)16-8-6-15(21)7-9-16/h2-13,19,22H,1H3. The third-order valence-corrected chi connectivity index (χ3v) is 5.38. The van der Waals surface area contributed by atoms with Gasteiger partial charge in [0.25, 0.3) is 0 Å². The topological polar surface area (TPSA) is 24.5 Å². The lowest BCUT2D eigenvalue weighted by Crippen LogP contribution is -2.33. The average Bonchev–Trinajstić information content (AvgIpc) is 3.32. The molecule has 3 aromatic rings. The molecule has 1 aliphatic heterocycles. The minimum Gasteiger partial charge on any atom is -0.497 e. The molecular formula is C20H17ClN2OS. The van der Waals surface area contributed by atoms with Crippen molar-refractivity contribution in [2.24, 2.45) is 0 Å². The molecule has 1 aliphatic rings. The summed E-state index contributed by atoms with van der Waals surface area (Å²) in [5.74, 6) is 0.853. The third kappa shape index (κ3) is 3.23. The molecule has 4 rings (SSSR count). The van der Waals surface area contributed by atoms with E-state index in [0.717, 1.165) is 27.7 Å². The molecule has 25 heavy (non-hydrogen) atoms. The highest BCUT2D eigenvalue weighted by atomic mass is 35.5. The molecule has 2 heterocycles. The van der Waals surface area contributed by atoms with Crippen molar-refractivity contribution in [1.29, 1.82) is 0 Å². The number of nitrogens with one attached hydrogen (secondary N) is 1. The molecule has 126 valence electrons. The van der Waals surface area contributed by atoms with Gasteiger partial charge in [0, 0.05) is 9.90 Å². The van der Waals surface area contributed by atoms with Crippen molar-refractivity contribution in [3.05, 3.63) is 87.6 Å². The molecule has 0 saturated heterocycles. The first-order valence-electron chi connectivity index (χ1n) is 7.96. The van der Waals surface area contributed by atoms with Crippen LogP contribution in [0, 0.1) is 0 Å². The second kappa shape index (κ2) is 6.82. The van der Waals surface area contributed by atoms with Gasteiger partial charge in [-0.15, -0.1) is 11.3 Å². The summed E-state index contributed by atoms with van der Waals surface area (Å²) in [6.07, 6.45) is 2.25. The van der Waals surface area contributed by atoms with Gasteiger partial charge in [-0.3, -0.25) is 10.4 Å². The summed E-state index contributed by atoms with van der Waals surface area (Å²) < 4.78 is 5.25. The second-order valence-corrected chi connectivity index (χ2v) is 7.14. The van der Waals surface area contributed by atoms with Crippen LogP contribution >= 0.6 is 22.9 Å². The number of anilines is 1. The number of halogens is 1. The fourth-order valence-corrected chi connectivity index (χ4v) is 3.81. The van der Waals surface area contributed by atoms with Crippen LogP contribution in [0.4, 0.5) is 5.69 Å². The first kappa shape index (κ1) is 16.1. The Morgan fingerprint density at radius 3 is 2.44 bits per heavy atom. The van der Waals surface area contributed by atoms with Gasteiger partial charge in [-0.1, -0.05) is 17.7 Å². The van der Waals surface area contributed by atoms with Crippen molar-refractivity contribution in [2.45, 2.75) is 6.04 Å². The second-order valence-electron chi connectivity index (χ2n) is 5.73. The Bertz CT molecular complexity index is 873. The van der Waals surface area contributed by atoms with Gasteiger partial charge in [0.2, 0.25) is 0 Å². The van der Waals surface area contributed by atoms with E-state index in [9.17, 15) is 0 Å². The number of benzene rings is 2. The van der Waals surface area contributed by atoms with Crippen molar-refractivity contribution >= 4 is 34.3 Å². The van der Waals surface area contributed by atoms with Gasteiger partial charge < -0.3 is 4.74 Å². The molecular weight excluding hydrogens is 352 g/mol. The first-order valence-corrected chi connectivity index (χ1v) is 9.21. The van der Waals surface area contributed by atoms with Crippen LogP contribution in [0.5, 0.6) is 5.75 Å². The van der Waals surface area contributed by atoms with E-state index in [1.807, 2.05) is 36.4 Å². The van der Waals surface area contributed by atoms with Crippen LogP contribution in [-0.4, -0.2) is 7.11 Å². The van der Waals surface area contributed by atoms with E-state index in [0.29, 0.717) is 0 Å². The Morgan fingerprint density at radius 2 is 1.80 bits per heavy atom. The van der Waals surface area contributed by atoms with E-state index >= 15 is 0 Å². The molecule has 0 amide bonds. The molecule has 0 saturated carbocycles. The third-order valence-electron chi connectivity index (χ3n) is 4.18. The smallest absolute Gasteiger partial charge is 0.118 e. The summed E-state index contributed by atoms with van der Waals surface area (Å²) in [4.78, 5) is 1.28. The lowest BCUT2D eigenvalue weighted by Gasteiger charge is -2.26. The molecule has 2 aromatic carbocycles. The van der Waals surface area contributed by atoms with Gasteiger partial charge >= 0.3 is 0 Å². The fraction of sp³-hybridized carbons (Fsp3) is 0.100. The van der Waals surface area contributed by atoms with Crippen LogP contribution in [0.2, 0.25) is 5.02 Å². The minimum atomic E-state index is 0.137. The maximum atomic E-state index is 6.05. The SMILES string of the molecule is COc1ccc(C2=CC(c3cccs3)N(c3ccc(Cl)cc3)N2)cc1. The fourth-order valence-electron chi connectivity index (χ4n) is 2.90. The molecule has 1 N–H and O–H groups in total. The summed E-state index contributed by atoms with van der Waals surface area (Å²) in [6, 6.07) is 20.3. The zero-order valence-corrected chi connectivity index (χ0v) is 15.2. The maximum absolute atomic E-state index is 6.05. The Hall–Kier alpha value is -2.43. The Morgan fingerprint density at radius 1 is 1.04 bits per heavy atom. The predicted molar refractivity (Wildman–Crippen MR) is 105 cm³/mol. The maximum Gasteiger partial charge on any atom is 0.118 e. The summed E-state index contributed by atoms with van der Waals surface area (Å²) in [7, 11) is 1.68. The van der Waals surface area contributed by atoms with Gasteiger partial charge in [0.15, 0.2) is 0 Å². The van der Waals surface area contributed by atoms with E-state index in [-0.39, 0.29) is 6.04 Å². The van der Waals surface area contributed by atoms with Gasteiger partial charge in [0.1, 0.15) is 11.8 Å². The number of hydrogen-bond acceptors (Lipinski definition) is 4. The largest absolute Gasteiger partial charge is 0.497 e. The van der Waals surface area contributed by atoms with E-state index in [2.05, 4.69) is 46.2 Å². The molecule has 1 atom stereocenters. The van der Waals surface area contributed by atoms with E-state index in [4.69, 9.17) is 16.3 Å². The normalized spacial score (nSPS) is 16.5. The van der Waals surface area contributed by atoms with Crippen molar-refractivity contribution in [1.82, 2.24) is 5.43 Å². The van der Waals surface area contributed by atoms with Crippen LogP contribution in [0.15, 0.2) is 72.1 Å². The molecule has 0 aliphatic carbocycles. The Balaban J connectivity index is 1.69. The lowest BCUT2D eigenvalue weighted by atomic mass is 10.1. The zero-order chi connectivity index (χ0) is 17.2. The van der Waals surface area contributed by atoms with E-state index in [1.165, 1.54) is 4.88 Å². The molecule has 0 fully saturated rings. The van der Waals surface area contributed by atoms with Crippen molar-refractivity contribution in [3.63, 3.8) is 0 Å². The number of rotatable bonds is 4. The summed E-state index contributed by atoms with van der Waals surface area (Å²) in [5.41, 5.74) is 6.81. The van der Waals surface area contributed by atoms with Crippen molar-refractivity contribution in [3.8, 4) is 5.75 Å². The van der Waals surface area contributed by atoms with E-state index in [1.54, 1.807) is 18.4 Å². The number of nitrogens with zero attached hydrogens (tertiary/aromatic N) is 1. The van der Waals surface area contributed by atoms with Gasteiger partial charge in [-0.05, 0) is 71.6 Å². The van der Waals surface area contributed by atoms with Gasteiger partial charge in [-0.2, -0.15) is 0 Å². The molecule has 0 spiro atoms. The van der Waals surface area contributed by atoms with Gasteiger partial charge in [0.05, 0.1) is 18.5 Å². The molecule has 0 radical (unpaired) electrons. The molecule has 1 aromatic heterocycles. The van der Waals surface area contributed by atoms with Crippen LogP contribution < -0.4 is 15.2 Å². The quantitative estimate of drug-likeness (QED) is 0.656. The number of methoxy groups -OCH3 is 1. The molecule has 5 heteroatoms. The van der Waals surface area contributed by atoms with Crippen molar-refractivity contribution < 1.29 is 4.74 Å². The van der Waals surface area contributed by atoms with Crippen molar-refractivity contribution in [2.75, 3.05) is 12.1 Å². The highest BCUT2D eigenvalue weighted by Crippen LogP contribution is 2.37. The highest BCUT2D eigenvalue weighted by molar-refractivity contribution is 7.10. The van der Waals surface area contributed by atoms with E-state index < -0.39 is 0 Å². The highest BCUT2D eigenvalue weighted by Gasteiger charge is 2.27. The Labute approximate surface area is 156 Å². The van der Waals surface area contributed by atoms with Crippen LogP contribution in [0.1, 0.15) is 16.5 Å².